The van der Waals surface area contributed by atoms with Crippen molar-refractivity contribution in [3.05, 3.63) is 59.9 Å². The molecule has 0 spiro atoms. The zero-order chi connectivity index (χ0) is 16.1. The molecule has 1 fully saturated rings. The van der Waals surface area contributed by atoms with Crippen molar-refractivity contribution in [3.63, 3.8) is 0 Å². The van der Waals surface area contributed by atoms with Gasteiger partial charge in [0.05, 0.1) is 7.11 Å². The number of pyridine rings is 1. The van der Waals surface area contributed by atoms with E-state index in [4.69, 9.17) is 4.74 Å². The molecule has 0 saturated carbocycles. The first-order valence-corrected chi connectivity index (χ1v) is 7.58. The molecule has 0 aliphatic carbocycles. The Labute approximate surface area is 135 Å². The molecule has 2 unspecified atom stereocenters. The molecule has 0 bridgehead atoms. The third-order valence-corrected chi connectivity index (χ3v) is 3.93. The monoisotopic (exact) mass is 312 g/mol. The number of carbonyl (C=O) groups is 1. The predicted octanol–water partition coefficient (Wildman–Crippen LogP) is 1.31. The second-order valence-electron chi connectivity index (χ2n) is 5.48. The normalized spacial score (nSPS) is 20.2. The van der Waals surface area contributed by atoms with E-state index in [1.165, 1.54) is 0 Å². The van der Waals surface area contributed by atoms with Crippen LogP contribution in [0.1, 0.15) is 23.6 Å². The van der Waals surface area contributed by atoms with E-state index >= 15 is 0 Å². The molecule has 1 aliphatic heterocycles. The predicted molar refractivity (Wildman–Crippen MR) is 86.5 cm³/mol. The number of hydrazine groups is 1. The van der Waals surface area contributed by atoms with E-state index in [-0.39, 0.29) is 18.0 Å². The first kappa shape index (κ1) is 15.5. The van der Waals surface area contributed by atoms with E-state index in [0.29, 0.717) is 13.0 Å². The number of carbonyl (C=O) groups excluding carboxylic acids is 1. The minimum absolute atomic E-state index is 0.0168. The third-order valence-electron chi connectivity index (χ3n) is 3.93. The molecular formula is C17H20N4O2. The van der Waals surface area contributed by atoms with Crippen molar-refractivity contribution in [1.82, 2.24) is 21.2 Å². The summed E-state index contributed by atoms with van der Waals surface area (Å²) < 4.78 is 5.18. The highest BCUT2D eigenvalue weighted by molar-refractivity contribution is 5.82. The second kappa shape index (κ2) is 7.21. The van der Waals surface area contributed by atoms with E-state index in [9.17, 15) is 4.79 Å². The van der Waals surface area contributed by atoms with Crippen LogP contribution in [-0.4, -0.2) is 24.0 Å². The van der Waals surface area contributed by atoms with Crippen molar-refractivity contribution in [1.29, 1.82) is 0 Å². The van der Waals surface area contributed by atoms with Gasteiger partial charge in [0, 0.05) is 25.0 Å². The van der Waals surface area contributed by atoms with Gasteiger partial charge in [-0.2, -0.15) is 0 Å². The highest BCUT2D eigenvalue weighted by Gasteiger charge is 2.29. The molecule has 120 valence electrons. The number of hydrogen-bond donors (Lipinski definition) is 3. The Hall–Kier alpha value is -2.44. The van der Waals surface area contributed by atoms with Gasteiger partial charge in [-0.25, -0.2) is 10.9 Å². The molecule has 1 amide bonds. The second-order valence-corrected chi connectivity index (χ2v) is 5.48. The molecule has 6 heteroatoms. The molecule has 1 aromatic heterocycles. The molecule has 2 atom stereocenters. The van der Waals surface area contributed by atoms with Crippen LogP contribution in [-0.2, 0) is 11.3 Å². The molecule has 3 rings (SSSR count). The van der Waals surface area contributed by atoms with Crippen LogP contribution in [0.2, 0.25) is 0 Å². The van der Waals surface area contributed by atoms with Crippen molar-refractivity contribution in [2.24, 2.45) is 0 Å². The lowest BCUT2D eigenvalue weighted by Gasteiger charge is -2.11. The summed E-state index contributed by atoms with van der Waals surface area (Å²) in [6.45, 7) is 0.480. The summed E-state index contributed by atoms with van der Waals surface area (Å²) in [6, 6.07) is 11.4. The number of nitrogens with one attached hydrogen (secondary N) is 3. The molecule has 0 radical (unpaired) electrons. The topological polar surface area (TPSA) is 75.3 Å². The van der Waals surface area contributed by atoms with E-state index in [1.54, 1.807) is 19.5 Å². The van der Waals surface area contributed by atoms with Gasteiger partial charge in [0.2, 0.25) is 5.91 Å². The number of ether oxygens (including phenoxy) is 1. The lowest BCUT2D eigenvalue weighted by atomic mass is 10.0. The van der Waals surface area contributed by atoms with Gasteiger partial charge in [-0.05, 0) is 41.8 Å². The molecule has 3 N–H and O–H groups in total. The SMILES string of the molecule is COc1cccc(CNC(=O)C2CC(c3ccncc3)NN2)c1. The van der Waals surface area contributed by atoms with Crippen LogP contribution in [0.15, 0.2) is 48.8 Å². The Morgan fingerprint density at radius 3 is 2.91 bits per heavy atom. The summed E-state index contributed by atoms with van der Waals surface area (Å²) in [5, 5.41) is 2.95. The van der Waals surface area contributed by atoms with Crippen LogP contribution in [0.25, 0.3) is 0 Å². The number of nitrogens with zero attached hydrogens (tertiary/aromatic N) is 1. The molecule has 2 heterocycles. The van der Waals surface area contributed by atoms with Gasteiger partial charge in [0.25, 0.3) is 0 Å². The summed E-state index contributed by atoms with van der Waals surface area (Å²) >= 11 is 0. The Balaban J connectivity index is 1.53. The van der Waals surface area contributed by atoms with Crippen molar-refractivity contribution in [2.45, 2.75) is 25.0 Å². The third kappa shape index (κ3) is 3.85. The number of benzene rings is 1. The first-order valence-electron chi connectivity index (χ1n) is 7.58. The first-order chi connectivity index (χ1) is 11.3. The van der Waals surface area contributed by atoms with E-state index in [1.807, 2.05) is 36.4 Å². The van der Waals surface area contributed by atoms with Crippen LogP contribution in [0.5, 0.6) is 5.75 Å². The lowest BCUT2D eigenvalue weighted by molar-refractivity contribution is -0.123. The molecule has 2 aromatic rings. The van der Waals surface area contributed by atoms with Gasteiger partial charge in [-0.3, -0.25) is 9.78 Å². The maximum atomic E-state index is 12.3. The van der Waals surface area contributed by atoms with Crippen molar-refractivity contribution >= 4 is 5.91 Å². The van der Waals surface area contributed by atoms with E-state index in [2.05, 4.69) is 21.2 Å². The van der Waals surface area contributed by atoms with Crippen LogP contribution >= 0.6 is 0 Å². The summed E-state index contributed by atoms with van der Waals surface area (Å²) in [5.41, 5.74) is 8.35. The number of hydrogen-bond acceptors (Lipinski definition) is 5. The van der Waals surface area contributed by atoms with Gasteiger partial charge < -0.3 is 10.1 Å². The minimum Gasteiger partial charge on any atom is -0.497 e. The van der Waals surface area contributed by atoms with Crippen LogP contribution in [0, 0.1) is 0 Å². The van der Waals surface area contributed by atoms with Gasteiger partial charge in [-0.15, -0.1) is 0 Å². The van der Waals surface area contributed by atoms with Gasteiger partial charge in [0.15, 0.2) is 0 Å². The highest BCUT2D eigenvalue weighted by atomic mass is 16.5. The quantitative estimate of drug-likeness (QED) is 0.776. The largest absolute Gasteiger partial charge is 0.497 e. The van der Waals surface area contributed by atoms with Crippen LogP contribution < -0.4 is 20.9 Å². The minimum atomic E-state index is -0.251. The zero-order valence-electron chi connectivity index (χ0n) is 13.0. The summed E-state index contributed by atoms with van der Waals surface area (Å²) in [7, 11) is 1.63. The smallest absolute Gasteiger partial charge is 0.238 e. The molecule has 1 aliphatic rings. The zero-order valence-corrected chi connectivity index (χ0v) is 13.0. The molecule has 23 heavy (non-hydrogen) atoms. The fourth-order valence-corrected chi connectivity index (χ4v) is 2.64. The maximum Gasteiger partial charge on any atom is 0.238 e. The highest BCUT2D eigenvalue weighted by Crippen LogP contribution is 2.21. The maximum absolute atomic E-state index is 12.3. The average Bonchev–Trinajstić information content (AvgIpc) is 3.11. The number of amides is 1. The summed E-state index contributed by atoms with van der Waals surface area (Å²) in [6.07, 6.45) is 4.22. The van der Waals surface area contributed by atoms with Gasteiger partial charge >= 0.3 is 0 Å². The summed E-state index contributed by atoms with van der Waals surface area (Å²) in [5.74, 6) is 0.770. The fraction of sp³-hybridized carbons (Fsp3) is 0.294. The standard InChI is InChI=1S/C17H20N4O2/c1-23-14-4-2-3-12(9-14)11-19-17(22)16-10-15(20-21-16)13-5-7-18-8-6-13/h2-9,15-16,20-21H,10-11H2,1H3,(H,19,22). The van der Waals surface area contributed by atoms with Crippen molar-refractivity contribution in [3.8, 4) is 5.75 Å². The van der Waals surface area contributed by atoms with Crippen LogP contribution in [0.4, 0.5) is 0 Å². The number of rotatable bonds is 5. The summed E-state index contributed by atoms with van der Waals surface area (Å²) in [4.78, 5) is 16.3. The van der Waals surface area contributed by atoms with Crippen molar-refractivity contribution < 1.29 is 9.53 Å². The van der Waals surface area contributed by atoms with Crippen molar-refractivity contribution in [2.75, 3.05) is 7.11 Å². The Morgan fingerprint density at radius 1 is 1.30 bits per heavy atom. The van der Waals surface area contributed by atoms with E-state index < -0.39 is 0 Å². The molecule has 1 saturated heterocycles. The number of methoxy groups -OCH3 is 1. The Bertz CT molecular complexity index is 663. The van der Waals surface area contributed by atoms with Crippen LogP contribution in [0.3, 0.4) is 0 Å². The molecule has 1 aromatic carbocycles. The fourth-order valence-electron chi connectivity index (χ4n) is 2.64. The van der Waals surface area contributed by atoms with Gasteiger partial charge in [0.1, 0.15) is 11.8 Å². The average molecular weight is 312 g/mol. The Kier molecular flexibility index (Phi) is 4.85. The molecule has 6 nitrogen and oxygen atoms in total. The molecular weight excluding hydrogens is 292 g/mol. The Morgan fingerprint density at radius 2 is 2.13 bits per heavy atom. The number of aromatic nitrogens is 1. The lowest BCUT2D eigenvalue weighted by Crippen LogP contribution is -2.42. The van der Waals surface area contributed by atoms with Gasteiger partial charge in [-0.1, -0.05) is 12.1 Å². The van der Waals surface area contributed by atoms with E-state index in [0.717, 1.165) is 16.9 Å².